The Hall–Kier alpha value is -1.10. The molecule has 116 valence electrons. The van der Waals surface area contributed by atoms with Crippen LogP contribution in [0.2, 0.25) is 5.28 Å². The molecule has 0 bridgehead atoms. The number of aromatic nitrogens is 3. The average molecular weight is 310 g/mol. The monoisotopic (exact) mass is 309 g/mol. The van der Waals surface area contributed by atoms with Gasteiger partial charge in [0.2, 0.25) is 17.2 Å². The predicted molar refractivity (Wildman–Crippen MR) is 85.8 cm³/mol. The van der Waals surface area contributed by atoms with Crippen molar-refractivity contribution in [3.05, 3.63) is 5.28 Å². The van der Waals surface area contributed by atoms with E-state index in [2.05, 4.69) is 25.6 Å². The van der Waals surface area contributed by atoms with Crippen molar-refractivity contribution in [2.24, 2.45) is 0 Å². The molecule has 2 aliphatic carbocycles. The summed E-state index contributed by atoms with van der Waals surface area (Å²) in [6.45, 7) is 0. The highest BCUT2D eigenvalue weighted by molar-refractivity contribution is 6.28. The van der Waals surface area contributed by atoms with Crippen molar-refractivity contribution in [1.82, 2.24) is 15.0 Å². The number of nitrogens with one attached hydrogen (secondary N) is 2. The Morgan fingerprint density at radius 3 is 1.52 bits per heavy atom. The van der Waals surface area contributed by atoms with E-state index >= 15 is 0 Å². The third-order valence-corrected chi connectivity index (χ3v) is 4.65. The molecule has 2 saturated carbocycles. The Bertz CT molecular complexity index is 417. The van der Waals surface area contributed by atoms with Gasteiger partial charge in [-0.1, -0.05) is 38.5 Å². The van der Waals surface area contributed by atoms with Crippen LogP contribution >= 0.6 is 11.6 Å². The Labute approximate surface area is 131 Å². The second kappa shape index (κ2) is 7.25. The molecular formula is C15H24ClN5. The zero-order valence-electron chi connectivity index (χ0n) is 12.4. The van der Waals surface area contributed by atoms with Gasteiger partial charge in [-0.3, -0.25) is 0 Å². The molecule has 3 rings (SSSR count). The van der Waals surface area contributed by atoms with Crippen LogP contribution in [0.15, 0.2) is 0 Å². The minimum atomic E-state index is 0.265. The summed E-state index contributed by atoms with van der Waals surface area (Å²) in [6.07, 6.45) is 12.6. The standard InChI is InChI=1S/C15H24ClN5/c16-13-19-14(17-11-7-3-1-4-8-11)21-15(20-13)18-12-9-5-2-6-10-12/h11-12H,1-10H2,(H2,17,18,19,20,21). The van der Waals surface area contributed by atoms with Crippen LogP contribution in [0.25, 0.3) is 0 Å². The predicted octanol–water partition coefficient (Wildman–Crippen LogP) is 4.01. The molecule has 1 heterocycles. The Morgan fingerprint density at radius 1 is 0.667 bits per heavy atom. The normalized spacial score (nSPS) is 21.2. The first-order chi connectivity index (χ1) is 10.3. The summed E-state index contributed by atoms with van der Waals surface area (Å²) in [6, 6.07) is 0.944. The lowest BCUT2D eigenvalue weighted by atomic mass is 9.96. The van der Waals surface area contributed by atoms with Gasteiger partial charge in [0.05, 0.1) is 0 Å². The fourth-order valence-corrected chi connectivity index (χ4v) is 3.50. The van der Waals surface area contributed by atoms with E-state index in [1.165, 1.54) is 64.2 Å². The largest absolute Gasteiger partial charge is 0.351 e. The van der Waals surface area contributed by atoms with Crippen LogP contribution in [0.1, 0.15) is 64.2 Å². The molecule has 0 saturated heterocycles. The van der Waals surface area contributed by atoms with Gasteiger partial charge < -0.3 is 10.6 Å². The van der Waals surface area contributed by atoms with Gasteiger partial charge in [-0.05, 0) is 37.3 Å². The van der Waals surface area contributed by atoms with Crippen molar-refractivity contribution in [3.63, 3.8) is 0 Å². The Kier molecular flexibility index (Phi) is 5.12. The molecule has 0 spiro atoms. The first-order valence-electron chi connectivity index (χ1n) is 8.24. The quantitative estimate of drug-likeness (QED) is 0.879. The number of anilines is 2. The molecule has 2 N–H and O–H groups in total. The SMILES string of the molecule is Clc1nc(NC2CCCCC2)nc(NC2CCCCC2)n1. The van der Waals surface area contributed by atoms with Gasteiger partial charge in [-0.2, -0.15) is 15.0 Å². The zero-order valence-corrected chi connectivity index (χ0v) is 13.2. The zero-order chi connectivity index (χ0) is 14.5. The number of rotatable bonds is 4. The van der Waals surface area contributed by atoms with E-state index in [9.17, 15) is 0 Å². The van der Waals surface area contributed by atoms with E-state index in [1.54, 1.807) is 0 Å². The van der Waals surface area contributed by atoms with E-state index in [4.69, 9.17) is 11.6 Å². The van der Waals surface area contributed by atoms with Crippen LogP contribution in [-0.2, 0) is 0 Å². The first-order valence-corrected chi connectivity index (χ1v) is 8.62. The number of nitrogens with zero attached hydrogens (tertiary/aromatic N) is 3. The highest BCUT2D eigenvalue weighted by Crippen LogP contribution is 2.23. The third-order valence-electron chi connectivity index (χ3n) is 4.48. The van der Waals surface area contributed by atoms with E-state index in [0.717, 1.165) is 0 Å². The van der Waals surface area contributed by atoms with Crippen LogP contribution in [0.5, 0.6) is 0 Å². The van der Waals surface area contributed by atoms with Gasteiger partial charge in [0, 0.05) is 12.1 Å². The van der Waals surface area contributed by atoms with Gasteiger partial charge in [0.25, 0.3) is 0 Å². The Morgan fingerprint density at radius 2 is 1.10 bits per heavy atom. The summed E-state index contributed by atoms with van der Waals surface area (Å²) in [5.74, 6) is 1.22. The van der Waals surface area contributed by atoms with Gasteiger partial charge in [-0.25, -0.2) is 0 Å². The van der Waals surface area contributed by atoms with Crippen LogP contribution in [0.3, 0.4) is 0 Å². The lowest BCUT2D eigenvalue weighted by Crippen LogP contribution is -2.26. The van der Waals surface area contributed by atoms with Crippen molar-refractivity contribution < 1.29 is 0 Å². The molecule has 1 aromatic rings. The molecule has 2 aliphatic rings. The second-order valence-corrected chi connectivity index (χ2v) is 6.55. The van der Waals surface area contributed by atoms with E-state index in [1.807, 2.05) is 0 Å². The second-order valence-electron chi connectivity index (χ2n) is 6.21. The molecule has 0 amide bonds. The average Bonchev–Trinajstić information content (AvgIpc) is 2.48. The summed E-state index contributed by atoms with van der Waals surface area (Å²) in [7, 11) is 0. The van der Waals surface area contributed by atoms with Crippen molar-refractivity contribution in [3.8, 4) is 0 Å². The van der Waals surface area contributed by atoms with Crippen LogP contribution in [0, 0.1) is 0 Å². The molecule has 21 heavy (non-hydrogen) atoms. The smallest absolute Gasteiger partial charge is 0.229 e. The minimum Gasteiger partial charge on any atom is -0.351 e. The molecule has 2 fully saturated rings. The van der Waals surface area contributed by atoms with E-state index in [-0.39, 0.29) is 5.28 Å². The maximum Gasteiger partial charge on any atom is 0.229 e. The van der Waals surface area contributed by atoms with Gasteiger partial charge >= 0.3 is 0 Å². The third kappa shape index (κ3) is 4.43. The lowest BCUT2D eigenvalue weighted by Gasteiger charge is -2.24. The summed E-state index contributed by atoms with van der Waals surface area (Å²) >= 11 is 6.04. The van der Waals surface area contributed by atoms with Crippen molar-refractivity contribution in [2.45, 2.75) is 76.3 Å². The topological polar surface area (TPSA) is 62.7 Å². The molecule has 6 heteroatoms. The summed E-state index contributed by atoms with van der Waals surface area (Å²) in [4.78, 5) is 12.9. The Balaban J connectivity index is 1.63. The lowest BCUT2D eigenvalue weighted by molar-refractivity contribution is 0.458. The summed E-state index contributed by atoms with van der Waals surface area (Å²) < 4.78 is 0. The highest BCUT2D eigenvalue weighted by Gasteiger charge is 2.17. The summed E-state index contributed by atoms with van der Waals surface area (Å²) in [5, 5.41) is 7.09. The van der Waals surface area contributed by atoms with Crippen molar-refractivity contribution in [2.75, 3.05) is 10.6 Å². The molecule has 1 aromatic heterocycles. The number of hydrogen-bond acceptors (Lipinski definition) is 5. The maximum absolute atomic E-state index is 6.04. The van der Waals surface area contributed by atoms with Gasteiger partial charge in [-0.15, -0.1) is 0 Å². The molecule has 0 radical (unpaired) electrons. The van der Waals surface area contributed by atoms with E-state index < -0.39 is 0 Å². The fourth-order valence-electron chi connectivity index (χ4n) is 3.34. The maximum atomic E-state index is 6.04. The van der Waals surface area contributed by atoms with Crippen LogP contribution in [-0.4, -0.2) is 27.0 Å². The molecular weight excluding hydrogens is 286 g/mol. The molecule has 5 nitrogen and oxygen atoms in total. The number of hydrogen-bond donors (Lipinski definition) is 2. The first kappa shape index (κ1) is 14.8. The van der Waals surface area contributed by atoms with E-state index in [0.29, 0.717) is 24.0 Å². The highest BCUT2D eigenvalue weighted by atomic mass is 35.5. The molecule has 0 atom stereocenters. The number of halogens is 1. The summed E-state index contributed by atoms with van der Waals surface area (Å²) in [5.41, 5.74) is 0. The minimum absolute atomic E-state index is 0.265. The van der Waals surface area contributed by atoms with Gasteiger partial charge in [0.15, 0.2) is 0 Å². The van der Waals surface area contributed by atoms with Crippen LogP contribution < -0.4 is 10.6 Å². The van der Waals surface area contributed by atoms with Crippen molar-refractivity contribution in [1.29, 1.82) is 0 Å². The fraction of sp³-hybridized carbons (Fsp3) is 0.800. The van der Waals surface area contributed by atoms with Crippen molar-refractivity contribution >= 4 is 23.5 Å². The van der Waals surface area contributed by atoms with Gasteiger partial charge in [0.1, 0.15) is 0 Å². The van der Waals surface area contributed by atoms with Crippen LogP contribution in [0.4, 0.5) is 11.9 Å². The molecule has 0 unspecified atom stereocenters. The molecule has 0 aromatic carbocycles. The molecule has 0 aliphatic heterocycles.